The number of anilines is 1. The fourth-order valence-electron chi connectivity index (χ4n) is 2.29. The van der Waals surface area contributed by atoms with Crippen LogP contribution in [0.4, 0.5) is 23.2 Å². The van der Waals surface area contributed by atoms with Crippen LogP contribution >= 0.6 is 0 Å². The second kappa shape index (κ2) is 5.86. The molecule has 0 bridgehead atoms. The molecular formula is C15H12F4N4. The van der Waals surface area contributed by atoms with E-state index >= 15 is 0 Å². The highest BCUT2D eigenvalue weighted by atomic mass is 19.2. The predicted octanol–water partition coefficient (Wildman–Crippen LogP) is 4.08. The van der Waals surface area contributed by atoms with Crippen molar-refractivity contribution in [1.29, 1.82) is 0 Å². The van der Waals surface area contributed by atoms with Gasteiger partial charge in [0.1, 0.15) is 11.5 Å². The van der Waals surface area contributed by atoms with Gasteiger partial charge in [-0.15, -0.1) is 0 Å². The Morgan fingerprint density at radius 1 is 1.04 bits per heavy atom. The first-order valence-electron chi connectivity index (χ1n) is 6.92. The number of H-pyrrole nitrogens is 1. The molecule has 2 aromatic heterocycles. The minimum Gasteiger partial charge on any atom is -0.370 e. The van der Waals surface area contributed by atoms with Crippen molar-refractivity contribution >= 4 is 16.7 Å². The van der Waals surface area contributed by atoms with E-state index in [1.165, 1.54) is 0 Å². The summed E-state index contributed by atoms with van der Waals surface area (Å²) in [5.41, 5.74) is 0.522. The first-order valence-corrected chi connectivity index (χ1v) is 6.92. The van der Waals surface area contributed by atoms with E-state index in [-0.39, 0.29) is 0 Å². The van der Waals surface area contributed by atoms with Crippen LogP contribution in [0.5, 0.6) is 0 Å². The summed E-state index contributed by atoms with van der Waals surface area (Å²) in [7, 11) is 0. The summed E-state index contributed by atoms with van der Waals surface area (Å²) in [6.45, 7) is 1.74. The Hall–Kier alpha value is -2.64. The number of pyridine rings is 1. The van der Waals surface area contributed by atoms with Gasteiger partial charge in [-0.1, -0.05) is 19.1 Å². The molecular weight excluding hydrogens is 312 g/mol. The van der Waals surface area contributed by atoms with E-state index in [4.69, 9.17) is 0 Å². The fraction of sp³-hybridized carbons (Fsp3) is 0.200. The maximum atomic E-state index is 13.7. The summed E-state index contributed by atoms with van der Waals surface area (Å²) in [5.74, 6) is -6.14. The lowest BCUT2D eigenvalue weighted by Gasteiger charge is -2.17. The molecule has 0 radical (unpaired) electrons. The zero-order chi connectivity index (χ0) is 16.6. The van der Waals surface area contributed by atoms with Gasteiger partial charge in [-0.05, 0) is 18.6 Å². The standard InChI is InChI=1S/C15H12F4N4/c1-2-7(15-21-8-5-3-4-6-9(8)22-15)20-12-10(16)13(18)23-14(19)11(12)17/h3-7H,2H2,1H3,(H,20,23)(H,21,22). The summed E-state index contributed by atoms with van der Waals surface area (Å²) in [5, 5.41) is 2.46. The van der Waals surface area contributed by atoms with Crippen molar-refractivity contribution in [2.24, 2.45) is 0 Å². The number of para-hydroxylation sites is 2. The molecule has 1 unspecified atom stereocenters. The van der Waals surface area contributed by atoms with Crippen molar-refractivity contribution in [3.63, 3.8) is 0 Å². The third kappa shape index (κ3) is 2.71. The average Bonchev–Trinajstić information content (AvgIpc) is 2.97. The second-order valence-corrected chi connectivity index (χ2v) is 4.94. The molecule has 2 heterocycles. The van der Waals surface area contributed by atoms with Gasteiger partial charge in [-0.2, -0.15) is 22.5 Å². The van der Waals surface area contributed by atoms with Crippen molar-refractivity contribution in [2.45, 2.75) is 19.4 Å². The van der Waals surface area contributed by atoms with Crippen LogP contribution in [0.1, 0.15) is 25.2 Å². The number of hydrogen-bond acceptors (Lipinski definition) is 3. The molecule has 1 aromatic carbocycles. The van der Waals surface area contributed by atoms with Gasteiger partial charge in [-0.3, -0.25) is 0 Å². The number of aromatic amines is 1. The molecule has 8 heteroatoms. The van der Waals surface area contributed by atoms with Crippen molar-refractivity contribution in [2.75, 3.05) is 5.32 Å². The number of hydrogen-bond donors (Lipinski definition) is 2. The Bertz CT molecular complexity index is 803. The van der Waals surface area contributed by atoms with Crippen LogP contribution in [0, 0.1) is 23.5 Å². The molecule has 4 nitrogen and oxygen atoms in total. The number of fused-ring (bicyclic) bond motifs is 1. The summed E-state index contributed by atoms with van der Waals surface area (Å²) in [6, 6.07) is 6.52. The predicted molar refractivity (Wildman–Crippen MR) is 76.8 cm³/mol. The number of benzene rings is 1. The van der Waals surface area contributed by atoms with Gasteiger partial charge >= 0.3 is 0 Å². The Morgan fingerprint density at radius 2 is 1.70 bits per heavy atom. The number of halogens is 4. The molecule has 23 heavy (non-hydrogen) atoms. The van der Waals surface area contributed by atoms with Crippen LogP contribution in [0.2, 0.25) is 0 Å². The van der Waals surface area contributed by atoms with Gasteiger partial charge < -0.3 is 10.3 Å². The van der Waals surface area contributed by atoms with Crippen molar-refractivity contribution in [1.82, 2.24) is 15.0 Å². The topological polar surface area (TPSA) is 53.6 Å². The highest BCUT2D eigenvalue weighted by Gasteiger charge is 2.24. The third-order valence-corrected chi connectivity index (χ3v) is 3.46. The van der Waals surface area contributed by atoms with Crippen LogP contribution in [-0.4, -0.2) is 15.0 Å². The summed E-state index contributed by atoms with van der Waals surface area (Å²) < 4.78 is 53.8. The van der Waals surface area contributed by atoms with Gasteiger partial charge in [0.25, 0.3) is 11.9 Å². The van der Waals surface area contributed by atoms with Gasteiger partial charge in [0.2, 0.25) is 11.6 Å². The summed E-state index contributed by atoms with van der Waals surface area (Å²) in [4.78, 5) is 9.86. The Kier molecular flexibility index (Phi) is 3.89. The van der Waals surface area contributed by atoms with Crippen LogP contribution < -0.4 is 5.32 Å². The van der Waals surface area contributed by atoms with Crippen molar-refractivity contribution < 1.29 is 17.6 Å². The first kappa shape index (κ1) is 15.3. The van der Waals surface area contributed by atoms with Gasteiger partial charge in [-0.25, -0.2) is 4.98 Å². The lowest BCUT2D eigenvalue weighted by atomic mass is 10.2. The SMILES string of the molecule is CCC(Nc1c(F)c(F)nc(F)c1F)c1nc2ccccc2[nH]1. The van der Waals surface area contributed by atoms with Crippen molar-refractivity contribution in [3.8, 4) is 0 Å². The molecule has 0 spiro atoms. The van der Waals surface area contributed by atoms with E-state index in [2.05, 4.69) is 20.3 Å². The highest BCUT2D eigenvalue weighted by molar-refractivity contribution is 5.75. The molecule has 1 atom stereocenters. The lowest BCUT2D eigenvalue weighted by molar-refractivity contribution is 0.409. The number of aromatic nitrogens is 3. The van der Waals surface area contributed by atoms with E-state index in [0.717, 1.165) is 5.52 Å². The fourth-order valence-corrected chi connectivity index (χ4v) is 2.29. The minimum absolute atomic E-state index is 0.379. The van der Waals surface area contributed by atoms with Gasteiger partial charge in [0, 0.05) is 0 Å². The van der Waals surface area contributed by atoms with E-state index in [0.29, 0.717) is 17.8 Å². The smallest absolute Gasteiger partial charge is 0.253 e. The number of imidazole rings is 1. The Morgan fingerprint density at radius 3 is 2.30 bits per heavy atom. The van der Waals surface area contributed by atoms with E-state index in [9.17, 15) is 17.6 Å². The highest BCUT2D eigenvalue weighted by Crippen LogP contribution is 2.28. The van der Waals surface area contributed by atoms with E-state index in [1.807, 2.05) is 6.07 Å². The lowest BCUT2D eigenvalue weighted by Crippen LogP contribution is -2.16. The molecule has 0 saturated carbocycles. The zero-order valence-corrected chi connectivity index (χ0v) is 12.0. The third-order valence-electron chi connectivity index (χ3n) is 3.46. The maximum Gasteiger partial charge on any atom is 0.253 e. The summed E-state index contributed by atoms with van der Waals surface area (Å²) in [6.07, 6.45) is 0.379. The summed E-state index contributed by atoms with van der Waals surface area (Å²) >= 11 is 0. The number of nitrogens with zero attached hydrogens (tertiary/aromatic N) is 2. The van der Waals surface area contributed by atoms with E-state index < -0.39 is 35.3 Å². The minimum atomic E-state index is -1.70. The number of rotatable bonds is 4. The van der Waals surface area contributed by atoms with Crippen LogP contribution in [-0.2, 0) is 0 Å². The molecule has 0 amide bonds. The van der Waals surface area contributed by atoms with Gasteiger partial charge in [0.05, 0.1) is 17.1 Å². The molecule has 2 N–H and O–H groups in total. The quantitative estimate of drug-likeness (QED) is 0.562. The van der Waals surface area contributed by atoms with E-state index in [1.54, 1.807) is 25.1 Å². The zero-order valence-electron chi connectivity index (χ0n) is 12.0. The normalized spacial score (nSPS) is 12.6. The molecule has 0 aliphatic rings. The first-order chi connectivity index (χ1) is 11.0. The monoisotopic (exact) mass is 324 g/mol. The molecule has 0 fully saturated rings. The van der Waals surface area contributed by atoms with Crippen LogP contribution in [0.3, 0.4) is 0 Å². The van der Waals surface area contributed by atoms with Gasteiger partial charge in [0.15, 0.2) is 0 Å². The van der Waals surface area contributed by atoms with Crippen LogP contribution in [0.15, 0.2) is 24.3 Å². The molecule has 3 rings (SSSR count). The maximum absolute atomic E-state index is 13.7. The molecule has 0 saturated heterocycles. The second-order valence-electron chi connectivity index (χ2n) is 4.94. The molecule has 0 aliphatic heterocycles. The average molecular weight is 324 g/mol. The Balaban J connectivity index is 2.00. The molecule has 3 aromatic rings. The van der Waals surface area contributed by atoms with Crippen LogP contribution in [0.25, 0.3) is 11.0 Å². The number of nitrogens with one attached hydrogen (secondary N) is 2. The Labute approximate surface area is 128 Å². The molecule has 120 valence electrons. The molecule has 0 aliphatic carbocycles. The van der Waals surface area contributed by atoms with Crippen molar-refractivity contribution in [3.05, 3.63) is 53.6 Å². The largest absolute Gasteiger partial charge is 0.370 e.